The summed E-state index contributed by atoms with van der Waals surface area (Å²) < 4.78 is 23.1. The van der Waals surface area contributed by atoms with E-state index in [4.69, 9.17) is 9.05 Å². The highest BCUT2D eigenvalue weighted by molar-refractivity contribution is 8.13. The number of aliphatic hydroxyl groups excluding tert-OH is 2. The maximum Gasteiger partial charge on any atom is 0.697 e. The van der Waals surface area contributed by atoms with Crippen molar-refractivity contribution in [3.8, 4) is 0 Å². The van der Waals surface area contributed by atoms with Crippen LogP contribution in [0.15, 0.2) is 21.9 Å². The van der Waals surface area contributed by atoms with E-state index in [1.165, 1.54) is 6.20 Å². The second-order valence-electron chi connectivity index (χ2n) is 7.30. The minimum absolute atomic E-state index is 0.000233. The molecule has 1 unspecified atom stereocenters. The van der Waals surface area contributed by atoms with Crippen LogP contribution in [0.25, 0.3) is 0 Å². The van der Waals surface area contributed by atoms with Gasteiger partial charge in [0.2, 0.25) is 0 Å². The van der Waals surface area contributed by atoms with Crippen molar-refractivity contribution in [1.82, 2.24) is 9.55 Å². The van der Waals surface area contributed by atoms with Gasteiger partial charge >= 0.3 is 13.9 Å². The number of hydrogen-bond donors (Lipinski definition) is 3. The zero-order chi connectivity index (χ0) is 21.8. The summed E-state index contributed by atoms with van der Waals surface area (Å²) in [6, 6.07) is 1.14. The standard InChI is InChI=1S/C16H23N2O8PS2/c1-16(2,3)14(22)28-7-6-25-27(24)26-8-9-11(20)12(21)13(29-9)18-5-4-10(19)17-15(18)23/h4-5,9,11-13,20-21H,6-8H2,1-3H3/p+1/t9-,11-,12-,13-/m1/s1. The Morgan fingerprint density at radius 2 is 2.00 bits per heavy atom. The quantitative estimate of drug-likeness (QED) is 0.371. The Morgan fingerprint density at radius 3 is 2.62 bits per heavy atom. The highest BCUT2D eigenvalue weighted by Gasteiger charge is 2.45. The summed E-state index contributed by atoms with van der Waals surface area (Å²) in [6.45, 7) is 5.29. The van der Waals surface area contributed by atoms with Crippen LogP contribution in [-0.2, 0) is 18.4 Å². The highest BCUT2D eigenvalue weighted by atomic mass is 32.2. The lowest BCUT2D eigenvalue weighted by atomic mass is 10.00. The van der Waals surface area contributed by atoms with Gasteiger partial charge in [-0.25, -0.2) is 4.79 Å². The number of hydrogen-bond acceptors (Lipinski definition) is 10. The van der Waals surface area contributed by atoms with E-state index in [0.717, 1.165) is 34.2 Å². The van der Waals surface area contributed by atoms with Crippen LogP contribution in [-0.4, -0.2) is 61.3 Å². The molecule has 1 aliphatic heterocycles. The van der Waals surface area contributed by atoms with Crippen molar-refractivity contribution in [2.45, 2.75) is 43.6 Å². The van der Waals surface area contributed by atoms with Crippen molar-refractivity contribution in [2.24, 2.45) is 5.41 Å². The molecule has 0 spiro atoms. The van der Waals surface area contributed by atoms with Gasteiger partial charge in [0.25, 0.3) is 5.56 Å². The van der Waals surface area contributed by atoms with Gasteiger partial charge in [-0.05, 0) is 0 Å². The number of aliphatic hydroxyl groups is 2. The van der Waals surface area contributed by atoms with Crippen LogP contribution in [0.3, 0.4) is 0 Å². The number of nitrogens with zero attached hydrogens (tertiary/aromatic N) is 1. The minimum Gasteiger partial charge on any atom is -0.389 e. The normalized spacial score (nSPS) is 25.2. The molecule has 162 valence electrons. The largest absolute Gasteiger partial charge is 0.697 e. The van der Waals surface area contributed by atoms with E-state index in [1.807, 2.05) is 0 Å². The lowest BCUT2D eigenvalue weighted by Gasteiger charge is -2.17. The van der Waals surface area contributed by atoms with Crippen LogP contribution in [0.2, 0.25) is 0 Å². The fourth-order valence-electron chi connectivity index (χ4n) is 2.36. The number of carbonyl (C=O) groups excluding carboxylic acids is 1. The lowest BCUT2D eigenvalue weighted by molar-refractivity contribution is -0.117. The Hall–Kier alpha value is -1.01. The van der Waals surface area contributed by atoms with Crippen LogP contribution < -0.4 is 11.2 Å². The average Bonchev–Trinajstić information content (AvgIpc) is 2.91. The van der Waals surface area contributed by atoms with Gasteiger partial charge in [0.1, 0.15) is 24.7 Å². The number of rotatable bonds is 8. The predicted molar refractivity (Wildman–Crippen MR) is 110 cm³/mol. The molecule has 1 aromatic rings. The van der Waals surface area contributed by atoms with Crippen LogP contribution >= 0.6 is 31.8 Å². The summed E-state index contributed by atoms with van der Waals surface area (Å²) in [4.78, 5) is 36.9. The zero-order valence-corrected chi connectivity index (χ0v) is 18.7. The van der Waals surface area contributed by atoms with Crippen molar-refractivity contribution in [2.75, 3.05) is 19.0 Å². The third kappa shape index (κ3) is 6.74. The first-order valence-corrected chi connectivity index (χ1v) is 11.8. The Labute approximate surface area is 176 Å². The number of thioether (sulfide) groups is 2. The van der Waals surface area contributed by atoms with Gasteiger partial charge in [-0.15, -0.1) is 20.8 Å². The van der Waals surface area contributed by atoms with Crippen LogP contribution in [0.5, 0.6) is 0 Å². The van der Waals surface area contributed by atoms with E-state index >= 15 is 0 Å². The van der Waals surface area contributed by atoms with Gasteiger partial charge in [-0.1, -0.05) is 32.5 Å². The van der Waals surface area contributed by atoms with Crippen molar-refractivity contribution >= 4 is 36.9 Å². The number of H-pyrrole nitrogens is 1. The molecular weight excluding hydrogens is 443 g/mol. The van der Waals surface area contributed by atoms with E-state index < -0.39 is 47.8 Å². The van der Waals surface area contributed by atoms with Gasteiger partial charge in [0, 0.05) is 28.0 Å². The SMILES string of the molecule is CC(C)(C)C(=O)SCCO[P+](=O)OC[C@H]1S[C@@H](n2ccc(=O)[nH]c2=O)[C@H](O)[C@@H]1O. The topological polar surface area (TPSA) is 148 Å². The minimum atomic E-state index is -2.46. The Balaban J connectivity index is 1.80. The molecule has 0 amide bonds. The number of nitrogens with one attached hydrogen (secondary N) is 1. The van der Waals surface area contributed by atoms with Gasteiger partial charge in [-0.3, -0.25) is 19.1 Å². The van der Waals surface area contributed by atoms with Gasteiger partial charge < -0.3 is 10.2 Å². The van der Waals surface area contributed by atoms with Crippen molar-refractivity contribution in [1.29, 1.82) is 0 Å². The molecule has 29 heavy (non-hydrogen) atoms. The van der Waals surface area contributed by atoms with Crippen LogP contribution in [0.4, 0.5) is 0 Å². The average molecular weight is 467 g/mol. The van der Waals surface area contributed by atoms with Crippen molar-refractivity contribution in [3.63, 3.8) is 0 Å². The number of aromatic amines is 1. The fourth-order valence-corrected chi connectivity index (χ4v) is 5.41. The lowest BCUT2D eigenvalue weighted by Crippen LogP contribution is -2.37. The second-order valence-corrected chi connectivity index (χ2v) is 10.7. The summed E-state index contributed by atoms with van der Waals surface area (Å²) in [5, 5.41) is 18.9. The van der Waals surface area contributed by atoms with Crippen LogP contribution in [0.1, 0.15) is 26.1 Å². The molecule has 13 heteroatoms. The number of aromatic nitrogens is 2. The molecule has 0 aliphatic carbocycles. The summed E-state index contributed by atoms with van der Waals surface area (Å²) in [6.07, 6.45) is -1.28. The second kappa shape index (κ2) is 10.3. The van der Waals surface area contributed by atoms with E-state index in [1.54, 1.807) is 20.8 Å². The Morgan fingerprint density at radius 1 is 1.31 bits per heavy atom. The molecule has 1 fully saturated rings. The third-order valence-electron chi connectivity index (χ3n) is 3.93. The Kier molecular flexibility index (Phi) is 8.65. The molecule has 1 saturated heterocycles. The van der Waals surface area contributed by atoms with Crippen molar-refractivity contribution in [3.05, 3.63) is 33.1 Å². The van der Waals surface area contributed by atoms with E-state index in [2.05, 4.69) is 4.98 Å². The van der Waals surface area contributed by atoms with E-state index in [9.17, 15) is 29.2 Å². The first kappa shape index (κ1) is 24.3. The van der Waals surface area contributed by atoms with Gasteiger partial charge in [-0.2, -0.15) is 0 Å². The fraction of sp³-hybridized carbons (Fsp3) is 0.688. The first-order chi connectivity index (χ1) is 13.5. The van der Waals surface area contributed by atoms with E-state index in [0.29, 0.717) is 5.75 Å². The maximum absolute atomic E-state index is 11.9. The molecule has 0 radical (unpaired) electrons. The summed E-state index contributed by atoms with van der Waals surface area (Å²) >= 11 is 2.15. The molecule has 1 aliphatic rings. The molecule has 0 bridgehead atoms. The zero-order valence-electron chi connectivity index (χ0n) is 16.1. The molecule has 0 aromatic carbocycles. The molecule has 10 nitrogen and oxygen atoms in total. The molecular formula is C16H24N2O8PS2+. The summed E-state index contributed by atoms with van der Waals surface area (Å²) in [5.41, 5.74) is -1.75. The molecule has 1 aromatic heterocycles. The monoisotopic (exact) mass is 467 g/mol. The smallest absolute Gasteiger partial charge is 0.389 e. The molecule has 5 atom stereocenters. The van der Waals surface area contributed by atoms with Crippen LogP contribution in [0, 0.1) is 5.41 Å². The molecule has 2 rings (SSSR count). The maximum atomic E-state index is 11.9. The molecule has 0 saturated carbocycles. The molecule has 2 heterocycles. The van der Waals surface area contributed by atoms with Crippen molar-refractivity contribution < 1.29 is 28.6 Å². The highest BCUT2D eigenvalue weighted by Crippen LogP contribution is 2.42. The predicted octanol–water partition coefficient (Wildman–Crippen LogP) is 0.869. The summed E-state index contributed by atoms with van der Waals surface area (Å²) in [7, 11) is -2.46. The van der Waals surface area contributed by atoms with Gasteiger partial charge in [0.05, 0.1) is 11.4 Å². The molecule has 3 N–H and O–H groups in total. The first-order valence-electron chi connectivity index (χ1n) is 8.74. The van der Waals surface area contributed by atoms with Gasteiger partial charge in [0.15, 0.2) is 5.12 Å². The number of carbonyl (C=O) groups is 1. The third-order valence-corrected chi connectivity index (χ3v) is 7.48. The Bertz CT molecular complexity index is 852. The van der Waals surface area contributed by atoms with E-state index in [-0.39, 0.29) is 18.3 Å². The summed E-state index contributed by atoms with van der Waals surface area (Å²) in [5.74, 6) is 0.331.